The van der Waals surface area contributed by atoms with Crippen LogP contribution in [0.1, 0.15) is 29.5 Å². The average molecular weight is 490 g/mol. The molecule has 0 radical (unpaired) electrons. The highest BCUT2D eigenvalue weighted by atomic mass is 19.4. The second kappa shape index (κ2) is 9.00. The number of pyridine rings is 1. The van der Waals surface area contributed by atoms with Crippen LogP contribution in [0.5, 0.6) is 0 Å². The molecule has 0 aliphatic rings. The van der Waals surface area contributed by atoms with Crippen LogP contribution in [0, 0.1) is 25.2 Å². The van der Waals surface area contributed by atoms with Gasteiger partial charge in [0.15, 0.2) is 0 Å². The van der Waals surface area contributed by atoms with Crippen molar-refractivity contribution in [1.82, 2.24) is 24.5 Å². The Hall–Kier alpha value is -4.39. The summed E-state index contributed by atoms with van der Waals surface area (Å²) >= 11 is 0. The molecule has 182 valence electrons. The highest BCUT2D eigenvalue weighted by Crippen LogP contribution is 2.37. The predicted octanol–water partition coefficient (Wildman–Crippen LogP) is 6.24. The summed E-state index contributed by atoms with van der Waals surface area (Å²) in [6.45, 7) is 2.48. The number of hydrogen-bond acceptors (Lipinski definition) is 5. The quantitative estimate of drug-likeness (QED) is 0.281. The van der Waals surface area contributed by atoms with E-state index in [1.807, 2.05) is 61.0 Å². The summed E-state index contributed by atoms with van der Waals surface area (Å²) in [5.74, 6) is 0.650. The average Bonchev–Trinajstić information content (AvgIpc) is 3.54. The number of benzene rings is 1. The minimum Gasteiger partial charge on any atom is -0.361 e. The molecule has 10 heteroatoms. The van der Waals surface area contributed by atoms with Crippen LogP contribution < -0.4 is 0 Å². The first-order chi connectivity index (χ1) is 17.2. The zero-order valence-electron chi connectivity index (χ0n) is 19.5. The van der Waals surface area contributed by atoms with Crippen LogP contribution in [-0.2, 0) is 6.54 Å². The maximum absolute atomic E-state index is 12.9. The fraction of sp³-hybridized carbons (Fsp3) is 0.231. The fourth-order valence-electron chi connectivity index (χ4n) is 4.54. The number of nitriles is 1. The molecule has 4 aromatic heterocycles. The van der Waals surface area contributed by atoms with Crippen molar-refractivity contribution < 1.29 is 17.7 Å². The normalized spacial score (nSPS) is 12.7. The Morgan fingerprint density at radius 1 is 1.08 bits per heavy atom. The predicted molar refractivity (Wildman–Crippen MR) is 127 cm³/mol. The zero-order chi connectivity index (χ0) is 25.4. The Morgan fingerprint density at radius 2 is 1.86 bits per heavy atom. The number of halogens is 3. The summed E-state index contributed by atoms with van der Waals surface area (Å²) in [6, 6.07) is 13.5. The Morgan fingerprint density at radius 3 is 2.53 bits per heavy atom. The molecule has 7 nitrogen and oxygen atoms in total. The molecule has 0 saturated heterocycles. The molecule has 0 aliphatic heterocycles. The second-order valence-corrected chi connectivity index (χ2v) is 8.57. The SMILES string of the molecule is Cc1noc(C)c1-c1cnc2c(-c3cnn(CC(F)(F)F)c3)cn(C(CC#N)c3ccccc3)c2c1. The van der Waals surface area contributed by atoms with Crippen LogP contribution >= 0.6 is 0 Å². The van der Waals surface area contributed by atoms with E-state index in [4.69, 9.17) is 9.51 Å². The van der Waals surface area contributed by atoms with Gasteiger partial charge in [0.25, 0.3) is 0 Å². The molecule has 1 aromatic carbocycles. The van der Waals surface area contributed by atoms with Crippen molar-refractivity contribution in [1.29, 1.82) is 5.26 Å². The third-order valence-electron chi connectivity index (χ3n) is 6.08. The molecule has 1 unspecified atom stereocenters. The van der Waals surface area contributed by atoms with E-state index in [0.717, 1.165) is 32.6 Å². The van der Waals surface area contributed by atoms with Crippen molar-refractivity contribution >= 4 is 11.0 Å². The van der Waals surface area contributed by atoms with Gasteiger partial charge in [0, 0.05) is 40.8 Å². The fourth-order valence-corrected chi connectivity index (χ4v) is 4.54. The summed E-state index contributed by atoms with van der Waals surface area (Å²) in [6.07, 6.45) is 2.10. The molecule has 4 heterocycles. The third kappa shape index (κ3) is 4.35. The maximum atomic E-state index is 12.9. The minimum absolute atomic E-state index is 0.191. The monoisotopic (exact) mass is 490 g/mol. The van der Waals surface area contributed by atoms with Gasteiger partial charge in [-0.25, -0.2) is 0 Å². The smallest absolute Gasteiger partial charge is 0.361 e. The van der Waals surface area contributed by atoms with Gasteiger partial charge in [-0.2, -0.15) is 23.5 Å². The van der Waals surface area contributed by atoms with E-state index in [2.05, 4.69) is 16.3 Å². The number of aryl methyl sites for hydroxylation is 2. The summed E-state index contributed by atoms with van der Waals surface area (Å²) in [4.78, 5) is 4.70. The number of alkyl halides is 3. The van der Waals surface area contributed by atoms with Crippen molar-refractivity contribution in [3.63, 3.8) is 0 Å². The highest BCUT2D eigenvalue weighted by Gasteiger charge is 2.29. The van der Waals surface area contributed by atoms with Gasteiger partial charge in [0.1, 0.15) is 12.3 Å². The van der Waals surface area contributed by atoms with Gasteiger partial charge in [0.2, 0.25) is 0 Å². The maximum Gasteiger partial charge on any atom is 0.408 e. The molecular formula is C26H21F3N6O. The lowest BCUT2D eigenvalue weighted by Crippen LogP contribution is -2.17. The summed E-state index contributed by atoms with van der Waals surface area (Å²) in [5.41, 5.74) is 5.72. The molecule has 0 saturated carbocycles. The number of aromatic nitrogens is 5. The van der Waals surface area contributed by atoms with E-state index in [0.29, 0.717) is 22.4 Å². The van der Waals surface area contributed by atoms with Gasteiger partial charge in [-0.3, -0.25) is 9.67 Å². The minimum atomic E-state index is -4.38. The van der Waals surface area contributed by atoms with Crippen molar-refractivity contribution in [2.75, 3.05) is 0 Å². The molecule has 0 spiro atoms. The Bertz CT molecular complexity index is 1550. The Balaban J connectivity index is 1.72. The lowest BCUT2D eigenvalue weighted by molar-refractivity contribution is -0.142. The molecule has 0 bridgehead atoms. The summed E-state index contributed by atoms with van der Waals surface area (Å²) < 4.78 is 46.9. The van der Waals surface area contributed by atoms with Crippen LogP contribution in [0.2, 0.25) is 0 Å². The lowest BCUT2D eigenvalue weighted by atomic mass is 10.0. The third-order valence-corrected chi connectivity index (χ3v) is 6.08. The number of hydrogen-bond donors (Lipinski definition) is 0. The first kappa shape index (κ1) is 23.4. The lowest BCUT2D eigenvalue weighted by Gasteiger charge is -2.18. The van der Waals surface area contributed by atoms with Crippen LogP contribution in [-0.4, -0.2) is 30.7 Å². The van der Waals surface area contributed by atoms with Gasteiger partial charge in [-0.1, -0.05) is 35.5 Å². The molecule has 36 heavy (non-hydrogen) atoms. The Kier molecular flexibility index (Phi) is 5.84. The van der Waals surface area contributed by atoms with Gasteiger partial charge >= 0.3 is 6.18 Å². The van der Waals surface area contributed by atoms with E-state index in [1.54, 1.807) is 6.20 Å². The van der Waals surface area contributed by atoms with E-state index in [9.17, 15) is 18.4 Å². The first-order valence-electron chi connectivity index (χ1n) is 11.2. The zero-order valence-corrected chi connectivity index (χ0v) is 19.5. The largest absolute Gasteiger partial charge is 0.408 e. The van der Waals surface area contributed by atoms with Crippen LogP contribution in [0.25, 0.3) is 33.3 Å². The molecular weight excluding hydrogens is 469 g/mol. The van der Waals surface area contributed by atoms with Gasteiger partial charge in [0.05, 0.1) is 41.5 Å². The molecule has 0 amide bonds. The number of nitrogens with zero attached hydrogens (tertiary/aromatic N) is 6. The molecule has 1 atom stereocenters. The van der Waals surface area contributed by atoms with Crippen LogP contribution in [0.4, 0.5) is 13.2 Å². The van der Waals surface area contributed by atoms with Crippen LogP contribution in [0.15, 0.2) is 65.7 Å². The van der Waals surface area contributed by atoms with Crippen LogP contribution in [0.3, 0.4) is 0 Å². The highest BCUT2D eigenvalue weighted by molar-refractivity contribution is 5.95. The van der Waals surface area contributed by atoms with Crippen molar-refractivity contribution in [3.8, 4) is 28.3 Å². The van der Waals surface area contributed by atoms with E-state index < -0.39 is 12.7 Å². The molecule has 5 rings (SSSR count). The molecule has 5 aromatic rings. The number of fused-ring (bicyclic) bond motifs is 1. The topological polar surface area (TPSA) is 85.5 Å². The van der Waals surface area contributed by atoms with Crippen molar-refractivity contribution in [2.24, 2.45) is 0 Å². The molecule has 0 fully saturated rings. The Labute approximate surface area is 204 Å². The molecule has 0 N–H and O–H groups in total. The van der Waals surface area contributed by atoms with E-state index in [1.165, 1.54) is 12.4 Å². The molecule has 0 aliphatic carbocycles. The van der Waals surface area contributed by atoms with Crippen molar-refractivity contribution in [2.45, 2.75) is 39.0 Å². The van der Waals surface area contributed by atoms with Gasteiger partial charge < -0.3 is 9.09 Å². The standard InChI is InChI=1S/C26H21F3N6O/c1-16-24(17(2)36-33-16)19-10-23-25(31-11-19)21(20-12-32-34(13-20)15-26(27,28)29)14-35(23)22(8-9-30)18-6-4-3-5-7-18/h3-7,10-14,22H,8,15H2,1-2H3. The first-order valence-corrected chi connectivity index (χ1v) is 11.2. The van der Waals surface area contributed by atoms with E-state index in [-0.39, 0.29) is 12.5 Å². The summed E-state index contributed by atoms with van der Waals surface area (Å²) in [5, 5.41) is 17.6. The van der Waals surface area contributed by atoms with Crippen molar-refractivity contribution in [3.05, 3.63) is 78.2 Å². The summed E-state index contributed by atoms with van der Waals surface area (Å²) in [7, 11) is 0. The van der Waals surface area contributed by atoms with E-state index >= 15 is 0 Å². The van der Waals surface area contributed by atoms with Gasteiger partial charge in [-0.05, 0) is 25.5 Å². The van der Waals surface area contributed by atoms with Gasteiger partial charge in [-0.15, -0.1) is 0 Å². The number of rotatable bonds is 6. The second-order valence-electron chi connectivity index (χ2n) is 8.57.